The Morgan fingerprint density at radius 1 is 1.23 bits per heavy atom. The summed E-state index contributed by atoms with van der Waals surface area (Å²) >= 11 is 0. The maximum atomic E-state index is 12.1. The van der Waals surface area contributed by atoms with E-state index in [0.29, 0.717) is 5.95 Å². The molecule has 0 aliphatic rings. The normalized spacial score (nSPS) is 12.3. The molecule has 2 N–H and O–H groups in total. The van der Waals surface area contributed by atoms with Crippen LogP contribution in [0, 0.1) is 6.92 Å². The Labute approximate surface area is 176 Å². The second-order valence-electron chi connectivity index (χ2n) is 8.23. The number of aryl methyl sites for hydroxylation is 2. The lowest BCUT2D eigenvalue weighted by molar-refractivity contribution is 0.0508. The van der Waals surface area contributed by atoms with Gasteiger partial charge in [0, 0.05) is 25.0 Å². The molecule has 0 aliphatic carbocycles. The standard InChI is InChI=1S/C22H28N6O2/c1-14-11-16(7-8-18(14)15(2)25-21(29)30-22(3,4)5)19-9-10-23-20(27-19)26-17-12-24-28(6)13-17/h7-13,15H,1-6H3,(H,25,29)(H,23,26,27). The van der Waals surface area contributed by atoms with Crippen LogP contribution in [0.3, 0.4) is 0 Å². The Morgan fingerprint density at radius 3 is 2.63 bits per heavy atom. The van der Waals surface area contributed by atoms with E-state index in [-0.39, 0.29) is 6.04 Å². The summed E-state index contributed by atoms with van der Waals surface area (Å²) in [5.41, 5.74) is 4.14. The molecule has 0 bridgehead atoms. The summed E-state index contributed by atoms with van der Waals surface area (Å²) in [5.74, 6) is 0.502. The van der Waals surface area contributed by atoms with Gasteiger partial charge in [0.15, 0.2) is 0 Å². The zero-order valence-corrected chi connectivity index (χ0v) is 18.2. The van der Waals surface area contributed by atoms with E-state index in [2.05, 4.69) is 31.8 Å². The number of benzene rings is 1. The van der Waals surface area contributed by atoms with Crippen LogP contribution in [0.5, 0.6) is 0 Å². The number of alkyl carbamates (subject to hydrolysis) is 1. The monoisotopic (exact) mass is 408 g/mol. The fourth-order valence-electron chi connectivity index (χ4n) is 3.08. The zero-order valence-electron chi connectivity index (χ0n) is 18.2. The lowest BCUT2D eigenvalue weighted by Crippen LogP contribution is -2.34. The number of amides is 1. The van der Waals surface area contributed by atoms with Crippen molar-refractivity contribution in [2.45, 2.75) is 46.3 Å². The SMILES string of the molecule is Cc1cc(-c2ccnc(Nc3cnn(C)c3)n2)ccc1C(C)NC(=O)OC(C)(C)C. The summed E-state index contributed by atoms with van der Waals surface area (Å²) in [6.07, 6.45) is 4.86. The minimum absolute atomic E-state index is 0.179. The van der Waals surface area contributed by atoms with Gasteiger partial charge >= 0.3 is 6.09 Å². The van der Waals surface area contributed by atoms with E-state index in [1.165, 1.54) is 0 Å². The number of ether oxygens (including phenoxy) is 1. The number of carbonyl (C=O) groups is 1. The Kier molecular flexibility index (Phi) is 6.05. The van der Waals surface area contributed by atoms with Gasteiger partial charge in [0.25, 0.3) is 0 Å². The van der Waals surface area contributed by atoms with Crippen LogP contribution in [0.15, 0.2) is 42.9 Å². The molecule has 3 rings (SSSR count). The molecule has 0 aliphatic heterocycles. The average Bonchev–Trinajstić information content (AvgIpc) is 3.04. The number of carbonyl (C=O) groups excluding carboxylic acids is 1. The molecule has 2 heterocycles. The van der Waals surface area contributed by atoms with Crippen molar-refractivity contribution in [3.8, 4) is 11.3 Å². The van der Waals surface area contributed by atoms with Crippen molar-refractivity contribution in [2.75, 3.05) is 5.32 Å². The number of hydrogen-bond donors (Lipinski definition) is 2. The predicted octanol–water partition coefficient (Wildman–Crippen LogP) is 4.51. The third-order valence-electron chi connectivity index (χ3n) is 4.38. The molecule has 3 aromatic rings. The molecule has 0 spiro atoms. The van der Waals surface area contributed by atoms with Gasteiger partial charge in [-0.15, -0.1) is 0 Å². The number of nitrogens with zero attached hydrogens (tertiary/aromatic N) is 4. The second-order valence-corrected chi connectivity index (χ2v) is 8.23. The van der Waals surface area contributed by atoms with Gasteiger partial charge in [0.2, 0.25) is 5.95 Å². The van der Waals surface area contributed by atoms with Gasteiger partial charge in [0.05, 0.1) is 23.6 Å². The third kappa shape index (κ3) is 5.56. The highest BCUT2D eigenvalue weighted by molar-refractivity contribution is 5.69. The summed E-state index contributed by atoms with van der Waals surface area (Å²) in [5, 5.41) is 10.2. The highest BCUT2D eigenvalue weighted by Crippen LogP contribution is 2.25. The van der Waals surface area contributed by atoms with Crippen molar-refractivity contribution in [1.82, 2.24) is 25.1 Å². The van der Waals surface area contributed by atoms with Gasteiger partial charge in [-0.25, -0.2) is 14.8 Å². The molecule has 2 aromatic heterocycles. The predicted molar refractivity (Wildman–Crippen MR) is 116 cm³/mol. The lowest BCUT2D eigenvalue weighted by Gasteiger charge is -2.23. The number of anilines is 2. The van der Waals surface area contributed by atoms with Gasteiger partial charge in [-0.05, 0) is 57.9 Å². The Hall–Kier alpha value is -3.42. The van der Waals surface area contributed by atoms with Crippen LogP contribution in [0.25, 0.3) is 11.3 Å². The fourth-order valence-corrected chi connectivity index (χ4v) is 3.08. The van der Waals surface area contributed by atoms with Crippen LogP contribution in [-0.2, 0) is 11.8 Å². The van der Waals surface area contributed by atoms with Crippen molar-refractivity contribution < 1.29 is 9.53 Å². The molecule has 0 saturated heterocycles. The first-order chi connectivity index (χ1) is 14.1. The maximum absolute atomic E-state index is 12.1. The summed E-state index contributed by atoms with van der Waals surface area (Å²) in [6, 6.07) is 7.74. The molecule has 1 amide bonds. The molecule has 0 saturated carbocycles. The van der Waals surface area contributed by atoms with Gasteiger partial charge in [-0.3, -0.25) is 4.68 Å². The Bertz CT molecular complexity index is 1040. The van der Waals surface area contributed by atoms with Crippen molar-refractivity contribution >= 4 is 17.7 Å². The molecule has 30 heavy (non-hydrogen) atoms. The minimum atomic E-state index is -0.530. The lowest BCUT2D eigenvalue weighted by atomic mass is 9.98. The van der Waals surface area contributed by atoms with Crippen LogP contribution >= 0.6 is 0 Å². The quantitative estimate of drug-likeness (QED) is 0.645. The molecule has 8 nitrogen and oxygen atoms in total. The maximum Gasteiger partial charge on any atom is 0.408 e. The molecule has 8 heteroatoms. The highest BCUT2D eigenvalue weighted by atomic mass is 16.6. The van der Waals surface area contributed by atoms with Crippen molar-refractivity contribution in [3.63, 3.8) is 0 Å². The summed E-state index contributed by atoms with van der Waals surface area (Å²) in [7, 11) is 1.85. The molecular formula is C22H28N6O2. The van der Waals surface area contributed by atoms with Crippen LogP contribution in [0.2, 0.25) is 0 Å². The van der Waals surface area contributed by atoms with Crippen molar-refractivity contribution in [2.24, 2.45) is 7.05 Å². The van der Waals surface area contributed by atoms with Gasteiger partial charge in [-0.1, -0.05) is 12.1 Å². The number of hydrogen-bond acceptors (Lipinski definition) is 6. The second kappa shape index (κ2) is 8.52. The molecule has 1 aromatic carbocycles. The van der Waals surface area contributed by atoms with E-state index in [1.54, 1.807) is 17.1 Å². The third-order valence-corrected chi connectivity index (χ3v) is 4.38. The summed E-state index contributed by atoms with van der Waals surface area (Å²) in [6.45, 7) is 9.48. The van der Waals surface area contributed by atoms with Crippen LogP contribution in [0.4, 0.5) is 16.4 Å². The Morgan fingerprint density at radius 2 is 2.00 bits per heavy atom. The first-order valence-electron chi connectivity index (χ1n) is 9.80. The van der Waals surface area contributed by atoms with E-state index >= 15 is 0 Å². The smallest absolute Gasteiger partial charge is 0.408 e. The first-order valence-corrected chi connectivity index (χ1v) is 9.80. The van der Waals surface area contributed by atoms with Crippen LogP contribution in [-0.4, -0.2) is 31.4 Å². The van der Waals surface area contributed by atoms with E-state index in [1.807, 2.05) is 66.1 Å². The molecule has 158 valence electrons. The number of aromatic nitrogens is 4. The summed E-state index contributed by atoms with van der Waals surface area (Å²) < 4.78 is 7.06. The number of rotatable bonds is 5. The minimum Gasteiger partial charge on any atom is -0.444 e. The molecular weight excluding hydrogens is 380 g/mol. The molecule has 1 unspecified atom stereocenters. The molecule has 1 atom stereocenters. The van der Waals surface area contributed by atoms with E-state index in [0.717, 1.165) is 28.1 Å². The van der Waals surface area contributed by atoms with Gasteiger partial charge in [0.1, 0.15) is 5.60 Å². The molecule has 0 fully saturated rings. The van der Waals surface area contributed by atoms with E-state index in [9.17, 15) is 4.79 Å². The zero-order chi connectivity index (χ0) is 21.9. The number of nitrogens with one attached hydrogen (secondary N) is 2. The summed E-state index contributed by atoms with van der Waals surface area (Å²) in [4.78, 5) is 20.9. The van der Waals surface area contributed by atoms with Crippen LogP contribution < -0.4 is 10.6 Å². The van der Waals surface area contributed by atoms with E-state index < -0.39 is 11.7 Å². The van der Waals surface area contributed by atoms with Crippen LogP contribution in [0.1, 0.15) is 44.9 Å². The first kappa shape index (κ1) is 21.3. The largest absolute Gasteiger partial charge is 0.444 e. The van der Waals surface area contributed by atoms with Gasteiger partial charge in [-0.2, -0.15) is 5.10 Å². The van der Waals surface area contributed by atoms with Crippen molar-refractivity contribution in [3.05, 3.63) is 54.0 Å². The topological polar surface area (TPSA) is 94.0 Å². The highest BCUT2D eigenvalue weighted by Gasteiger charge is 2.19. The fraction of sp³-hybridized carbons (Fsp3) is 0.364. The van der Waals surface area contributed by atoms with E-state index in [4.69, 9.17) is 4.74 Å². The molecule has 0 radical (unpaired) electrons. The van der Waals surface area contributed by atoms with Crippen molar-refractivity contribution in [1.29, 1.82) is 0 Å². The van der Waals surface area contributed by atoms with Gasteiger partial charge < -0.3 is 15.4 Å². The average molecular weight is 409 g/mol. The Balaban J connectivity index is 1.75.